The molecule has 2 amide bonds. The number of carbonyl (C=O) groups excluding carboxylic acids is 2. The molecule has 2 aliphatic heterocycles. The van der Waals surface area contributed by atoms with Crippen molar-refractivity contribution < 1.29 is 22.7 Å². The number of imide groups is 1. The van der Waals surface area contributed by atoms with Gasteiger partial charge < -0.3 is 10.1 Å². The van der Waals surface area contributed by atoms with E-state index < -0.39 is 34.1 Å². The van der Waals surface area contributed by atoms with E-state index in [2.05, 4.69) is 5.32 Å². The number of amides is 2. The molecule has 2 atom stereocenters. The zero-order chi connectivity index (χ0) is 19.3. The van der Waals surface area contributed by atoms with E-state index in [1.54, 1.807) is 12.1 Å². The summed E-state index contributed by atoms with van der Waals surface area (Å²) in [6, 6.07) is 4.96. The topological polar surface area (TPSA) is 96.0 Å². The number of ether oxygens (including phenoxy) is 1. The minimum atomic E-state index is -3.92. The molecule has 1 aliphatic carbocycles. The molecular weight excluding hydrogens is 390 g/mol. The third-order valence-electron chi connectivity index (χ3n) is 5.07. The lowest BCUT2D eigenvalue weighted by Gasteiger charge is -2.27. The van der Waals surface area contributed by atoms with Crippen LogP contribution in [0.5, 0.6) is 0 Å². The molecule has 1 aromatic carbocycles. The van der Waals surface area contributed by atoms with Crippen molar-refractivity contribution in [3.05, 3.63) is 29.8 Å². The molecule has 0 aromatic heterocycles. The summed E-state index contributed by atoms with van der Waals surface area (Å²) in [6.07, 6.45) is 0.911. The second kappa shape index (κ2) is 6.45. The molecule has 10 heteroatoms. The zero-order valence-corrected chi connectivity index (χ0v) is 16.3. The predicted molar refractivity (Wildman–Crippen MR) is 99.3 cm³/mol. The quantitative estimate of drug-likeness (QED) is 0.741. The van der Waals surface area contributed by atoms with E-state index in [1.807, 2.05) is 6.92 Å². The molecule has 0 radical (unpaired) electrons. The number of benzene rings is 1. The Morgan fingerprint density at radius 1 is 1.26 bits per heavy atom. The number of aryl methyl sites for hydroxylation is 1. The van der Waals surface area contributed by atoms with Gasteiger partial charge in [-0.15, -0.1) is 0 Å². The molecular formula is C17H19N3O5S2. The summed E-state index contributed by atoms with van der Waals surface area (Å²) in [6.45, 7) is 2.17. The van der Waals surface area contributed by atoms with Gasteiger partial charge >= 0.3 is 6.09 Å². The molecule has 1 saturated carbocycles. The average molecular weight is 409 g/mol. The van der Waals surface area contributed by atoms with Crippen molar-refractivity contribution >= 4 is 39.4 Å². The standard InChI is InChI=1S/C17H19N3O5S2/c1-10-2-6-12(7-3-10)27(23,24)20-14(11-4-5-11)13(18-16(20)26)15(21)19-8-9-25-17(19)22/h2-3,6-7,11,13-14H,4-5,8-9H2,1H3,(H,18,26)/t13-,14-/m0/s1. The Morgan fingerprint density at radius 3 is 2.48 bits per heavy atom. The number of cyclic esters (lactones) is 1. The fraction of sp³-hybridized carbons (Fsp3) is 0.471. The smallest absolute Gasteiger partial charge is 0.416 e. The molecule has 2 heterocycles. The minimum absolute atomic E-state index is 0.0154. The van der Waals surface area contributed by atoms with Gasteiger partial charge in [0.25, 0.3) is 15.9 Å². The van der Waals surface area contributed by atoms with Crippen LogP contribution in [0, 0.1) is 12.8 Å². The highest BCUT2D eigenvalue weighted by Crippen LogP contribution is 2.41. The Morgan fingerprint density at radius 2 is 1.93 bits per heavy atom. The number of hydrogen-bond donors (Lipinski definition) is 1. The molecule has 1 N–H and O–H groups in total. The van der Waals surface area contributed by atoms with Gasteiger partial charge in [0.05, 0.1) is 17.5 Å². The van der Waals surface area contributed by atoms with E-state index in [-0.39, 0.29) is 29.1 Å². The van der Waals surface area contributed by atoms with Crippen molar-refractivity contribution in [3.63, 3.8) is 0 Å². The van der Waals surface area contributed by atoms with Gasteiger partial charge in [0.2, 0.25) is 0 Å². The Bertz CT molecular complexity index is 911. The third kappa shape index (κ3) is 3.06. The van der Waals surface area contributed by atoms with E-state index >= 15 is 0 Å². The summed E-state index contributed by atoms with van der Waals surface area (Å²) in [5.41, 5.74) is 0.940. The molecule has 3 aliphatic rings. The summed E-state index contributed by atoms with van der Waals surface area (Å²) >= 11 is 5.29. The van der Waals surface area contributed by atoms with Gasteiger partial charge in [-0.2, -0.15) is 0 Å². The van der Waals surface area contributed by atoms with Gasteiger partial charge in [0, 0.05) is 0 Å². The molecule has 4 rings (SSSR count). The van der Waals surface area contributed by atoms with Gasteiger partial charge in [0.15, 0.2) is 5.11 Å². The maximum Gasteiger partial charge on any atom is 0.416 e. The van der Waals surface area contributed by atoms with Crippen molar-refractivity contribution in [2.45, 2.75) is 36.7 Å². The van der Waals surface area contributed by atoms with Crippen LogP contribution in [0.25, 0.3) is 0 Å². The number of nitrogens with one attached hydrogen (secondary N) is 1. The largest absolute Gasteiger partial charge is 0.447 e. The molecule has 1 aromatic rings. The van der Waals surface area contributed by atoms with Crippen molar-refractivity contribution in [1.29, 1.82) is 0 Å². The first-order valence-corrected chi connectivity index (χ1v) is 10.6. The van der Waals surface area contributed by atoms with Crippen LogP contribution in [-0.2, 0) is 19.6 Å². The Kier molecular flexibility index (Phi) is 4.34. The number of thiocarbonyl (C=S) groups is 1. The SMILES string of the molecule is Cc1ccc(S(=O)(=O)N2C(=S)N[C@H](C(=O)N3CCOC3=O)[C@@H]2C2CC2)cc1. The van der Waals surface area contributed by atoms with Crippen molar-refractivity contribution in [2.75, 3.05) is 13.2 Å². The maximum absolute atomic E-state index is 13.2. The van der Waals surface area contributed by atoms with E-state index in [4.69, 9.17) is 17.0 Å². The van der Waals surface area contributed by atoms with E-state index in [9.17, 15) is 18.0 Å². The second-order valence-electron chi connectivity index (χ2n) is 6.97. The van der Waals surface area contributed by atoms with Crippen LogP contribution in [0.1, 0.15) is 18.4 Å². The van der Waals surface area contributed by atoms with Crippen molar-refractivity contribution in [1.82, 2.24) is 14.5 Å². The summed E-state index contributed by atoms with van der Waals surface area (Å²) in [5.74, 6) is -0.482. The lowest BCUT2D eigenvalue weighted by molar-refractivity contribution is -0.130. The highest BCUT2D eigenvalue weighted by Gasteiger charge is 2.55. The number of sulfonamides is 1. The van der Waals surface area contributed by atoms with Crippen LogP contribution >= 0.6 is 12.2 Å². The zero-order valence-electron chi connectivity index (χ0n) is 14.6. The second-order valence-corrected chi connectivity index (χ2v) is 9.17. The summed E-state index contributed by atoms with van der Waals surface area (Å²) < 4.78 is 32.4. The van der Waals surface area contributed by atoms with Crippen LogP contribution in [0.3, 0.4) is 0 Å². The number of carbonyl (C=O) groups is 2. The fourth-order valence-corrected chi connectivity index (χ4v) is 5.65. The van der Waals surface area contributed by atoms with Gasteiger partial charge in [-0.05, 0) is 50.0 Å². The normalized spacial score (nSPS) is 25.5. The molecule has 0 spiro atoms. The van der Waals surface area contributed by atoms with Crippen LogP contribution < -0.4 is 5.32 Å². The lowest BCUT2D eigenvalue weighted by Crippen LogP contribution is -2.51. The van der Waals surface area contributed by atoms with E-state index in [0.29, 0.717) is 0 Å². The first-order chi connectivity index (χ1) is 12.8. The number of nitrogens with zero attached hydrogens (tertiary/aromatic N) is 2. The monoisotopic (exact) mass is 409 g/mol. The number of rotatable bonds is 4. The number of hydrogen-bond acceptors (Lipinski definition) is 6. The van der Waals surface area contributed by atoms with Crippen LogP contribution in [0.15, 0.2) is 29.2 Å². The molecule has 0 unspecified atom stereocenters. The third-order valence-corrected chi connectivity index (χ3v) is 7.31. The summed E-state index contributed by atoms with van der Waals surface area (Å²) in [7, 11) is -3.92. The molecule has 0 bridgehead atoms. The predicted octanol–water partition coefficient (Wildman–Crippen LogP) is 1.000. The highest BCUT2D eigenvalue weighted by atomic mass is 32.2. The van der Waals surface area contributed by atoms with Crippen molar-refractivity contribution in [3.8, 4) is 0 Å². The molecule has 2 saturated heterocycles. The first-order valence-electron chi connectivity index (χ1n) is 8.70. The lowest BCUT2D eigenvalue weighted by atomic mass is 10.0. The fourth-order valence-electron chi connectivity index (χ4n) is 3.52. The van der Waals surface area contributed by atoms with Crippen LogP contribution in [-0.4, -0.2) is 60.0 Å². The van der Waals surface area contributed by atoms with Gasteiger partial charge in [0.1, 0.15) is 12.6 Å². The van der Waals surface area contributed by atoms with E-state index in [0.717, 1.165) is 27.6 Å². The Balaban J connectivity index is 1.68. The molecule has 8 nitrogen and oxygen atoms in total. The minimum Gasteiger partial charge on any atom is -0.447 e. The van der Waals surface area contributed by atoms with Gasteiger partial charge in [-0.3, -0.25) is 4.79 Å². The Hall–Kier alpha value is -2.20. The van der Waals surface area contributed by atoms with Gasteiger partial charge in [-0.25, -0.2) is 22.4 Å². The molecule has 144 valence electrons. The maximum atomic E-state index is 13.2. The first kappa shape index (κ1) is 18.2. The Labute approximate surface area is 162 Å². The molecule has 27 heavy (non-hydrogen) atoms. The average Bonchev–Trinajstić information content (AvgIpc) is 3.28. The summed E-state index contributed by atoms with van der Waals surface area (Å²) in [4.78, 5) is 25.8. The molecule has 3 fully saturated rings. The summed E-state index contributed by atoms with van der Waals surface area (Å²) in [5, 5.41) is 2.82. The van der Waals surface area contributed by atoms with Crippen LogP contribution in [0.2, 0.25) is 0 Å². The van der Waals surface area contributed by atoms with Crippen LogP contribution in [0.4, 0.5) is 4.79 Å². The van der Waals surface area contributed by atoms with Crippen molar-refractivity contribution in [2.24, 2.45) is 5.92 Å². The highest BCUT2D eigenvalue weighted by molar-refractivity contribution is 7.91. The van der Waals surface area contributed by atoms with E-state index in [1.165, 1.54) is 12.1 Å². The van der Waals surface area contributed by atoms with Gasteiger partial charge in [-0.1, -0.05) is 17.7 Å².